The molecule has 8 nitrogen and oxygen atoms in total. The first-order valence-electron chi connectivity index (χ1n) is 13.0. The van der Waals surface area contributed by atoms with Crippen molar-refractivity contribution >= 4 is 27.7 Å². The molecule has 0 saturated heterocycles. The van der Waals surface area contributed by atoms with Gasteiger partial charge in [0.25, 0.3) is 15.9 Å². The Morgan fingerprint density at radius 3 is 2.26 bits per heavy atom. The van der Waals surface area contributed by atoms with Crippen LogP contribution >= 0.6 is 0 Å². The van der Waals surface area contributed by atoms with E-state index in [0.717, 1.165) is 29.5 Å². The monoisotopic (exact) mass is 547 g/mol. The van der Waals surface area contributed by atoms with Crippen LogP contribution in [0.2, 0.25) is 0 Å². The van der Waals surface area contributed by atoms with E-state index in [4.69, 9.17) is 0 Å². The molecule has 0 bridgehead atoms. The van der Waals surface area contributed by atoms with Crippen LogP contribution in [0, 0.1) is 6.92 Å². The summed E-state index contributed by atoms with van der Waals surface area (Å²) in [5, 5.41) is 2.94. The number of aryl methyl sites for hydroxylation is 1. The molecule has 1 atom stereocenters. The van der Waals surface area contributed by atoms with Crippen molar-refractivity contribution in [3.05, 3.63) is 101 Å². The summed E-state index contributed by atoms with van der Waals surface area (Å²) in [5.41, 5.74) is 2.72. The van der Waals surface area contributed by atoms with Crippen LogP contribution in [0.4, 0.5) is 0 Å². The summed E-state index contributed by atoms with van der Waals surface area (Å²) >= 11 is 0. The second-order valence-corrected chi connectivity index (χ2v) is 11.5. The SMILES string of the molecule is CCCCNC(=O)[C@@H](Cc1ccccc1)N(Cc1ccc(C)cc1)C(=O)CN1C(=O)c2ccccc2S1(=O)=O. The molecule has 1 aliphatic rings. The fraction of sp³-hybridized carbons (Fsp3) is 0.300. The van der Waals surface area contributed by atoms with Gasteiger partial charge in [0.15, 0.2) is 0 Å². The Morgan fingerprint density at radius 2 is 1.59 bits per heavy atom. The largest absolute Gasteiger partial charge is 0.354 e. The Bertz CT molecular complexity index is 1440. The highest BCUT2D eigenvalue weighted by molar-refractivity contribution is 7.90. The van der Waals surface area contributed by atoms with Gasteiger partial charge in [0.05, 0.1) is 5.56 Å². The van der Waals surface area contributed by atoms with E-state index in [1.165, 1.54) is 23.1 Å². The summed E-state index contributed by atoms with van der Waals surface area (Å²) in [5.74, 6) is -1.71. The fourth-order valence-corrected chi connectivity index (χ4v) is 6.07. The number of hydrogen-bond acceptors (Lipinski definition) is 5. The first-order valence-corrected chi connectivity index (χ1v) is 14.5. The summed E-state index contributed by atoms with van der Waals surface area (Å²) in [6, 6.07) is 21.9. The molecule has 3 amide bonds. The Morgan fingerprint density at radius 1 is 0.923 bits per heavy atom. The molecule has 0 unspecified atom stereocenters. The lowest BCUT2D eigenvalue weighted by atomic mass is 10.0. The highest BCUT2D eigenvalue weighted by Crippen LogP contribution is 2.30. The van der Waals surface area contributed by atoms with Gasteiger partial charge in [0, 0.05) is 19.5 Å². The molecule has 204 valence electrons. The second-order valence-electron chi connectivity index (χ2n) is 9.67. The van der Waals surface area contributed by atoms with Crippen LogP contribution in [-0.4, -0.2) is 54.5 Å². The van der Waals surface area contributed by atoms with E-state index in [-0.39, 0.29) is 29.3 Å². The number of nitrogens with one attached hydrogen (secondary N) is 1. The van der Waals surface area contributed by atoms with Gasteiger partial charge in [-0.3, -0.25) is 14.4 Å². The average Bonchev–Trinajstić information content (AvgIpc) is 3.13. The summed E-state index contributed by atoms with van der Waals surface area (Å²) in [4.78, 5) is 41.7. The maximum Gasteiger partial charge on any atom is 0.269 e. The van der Waals surface area contributed by atoms with Gasteiger partial charge in [-0.15, -0.1) is 0 Å². The van der Waals surface area contributed by atoms with Crippen molar-refractivity contribution in [2.45, 2.75) is 50.6 Å². The van der Waals surface area contributed by atoms with Crippen molar-refractivity contribution in [2.75, 3.05) is 13.1 Å². The minimum Gasteiger partial charge on any atom is -0.354 e. The van der Waals surface area contributed by atoms with Crippen molar-refractivity contribution in [3.8, 4) is 0 Å². The van der Waals surface area contributed by atoms with E-state index in [2.05, 4.69) is 5.32 Å². The predicted octanol–water partition coefficient (Wildman–Crippen LogP) is 3.70. The van der Waals surface area contributed by atoms with Crippen molar-refractivity contribution in [3.63, 3.8) is 0 Å². The molecule has 0 saturated carbocycles. The number of hydrogen-bond donors (Lipinski definition) is 1. The molecule has 4 rings (SSSR count). The molecule has 0 fully saturated rings. The van der Waals surface area contributed by atoms with Gasteiger partial charge in [-0.05, 0) is 36.6 Å². The van der Waals surface area contributed by atoms with E-state index in [1.807, 2.05) is 68.4 Å². The number of carbonyl (C=O) groups is 3. The molecule has 3 aromatic rings. The second kappa shape index (κ2) is 12.3. The Balaban J connectivity index is 1.69. The van der Waals surface area contributed by atoms with Crippen molar-refractivity contribution in [1.29, 1.82) is 0 Å². The number of benzene rings is 3. The van der Waals surface area contributed by atoms with Crippen LogP contribution in [0.5, 0.6) is 0 Å². The molecular formula is C30H33N3O5S. The third-order valence-electron chi connectivity index (χ3n) is 6.77. The Hall–Kier alpha value is -3.98. The first-order chi connectivity index (χ1) is 18.7. The maximum atomic E-state index is 13.9. The molecule has 1 N–H and O–H groups in total. The standard InChI is InChI=1S/C30H33N3O5S/c1-3-4-18-31-29(35)26(19-23-10-6-5-7-11-23)32(20-24-16-14-22(2)15-17-24)28(34)21-33-30(36)25-12-8-9-13-27(25)39(33,37)38/h5-17,26H,3-4,18-21H2,1-2H3,(H,31,35)/t26-/m1/s1. The number of sulfonamides is 1. The first kappa shape index (κ1) is 28.0. The number of rotatable bonds is 11. The van der Waals surface area contributed by atoms with Crippen LogP contribution in [0.3, 0.4) is 0 Å². The van der Waals surface area contributed by atoms with Crippen molar-refractivity contribution in [1.82, 2.24) is 14.5 Å². The van der Waals surface area contributed by atoms with Crippen LogP contribution in [-0.2, 0) is 32.6 Å². The van der Waals surface area contributed by atoms with Crippen molar-refractivity contribution in [2.24, 2.45) is 0 Å². The van der Waals surface area contributed by atoms with Gasteiger partial charge in [-0.2, -0.15) is 0 Å². The van der Waals surface area contributed by atoms with E-state index in [9.17, 15) is 22.8 Å². The zero-order chi connectivity index (χ0) is 28.0. The maximum absolute atomic E-state index is 13.9. The number of nitrogens with zero attached hydrogens (tertiary/aromatic N) is 2. The average molecular weight is 548 g/mol. The van der Waals surface area contributed by atoms with E-state index < -0.39 is 34.4 Å². The minimum absolute atomic E-state index is 0.0357. The third kappa shape index (κ3) is 6.37. The Labute approximate surface area is 229 Å². The van der Waals surface area contributed by atoms with Crippen LogP contribution in [0.25, 0.3) is 0 Å². The highest BCUT2D eigenvalue weighted by Gasteiger charge is 2.43. The fourth-order valence-electron chi connectivity index (χ4n) is 4.55. The summed E-state index contributed by atoms with van der Waals surface area (Å²) in [6.45, 7) is 3.81. The molecule has 3 aromatic carbocycles. The van der Waals surface area contributed by atoms with Gasteiger partial charge >= 0.3 is 0 Å². The zero-order valence-electron chi connectivity index (χ0n) is 22.2. The molecular weight excluding hydrogens is 514 g/mol. The number of amides is 3. The van der Waals surface area contributed by atoms with Crippen LogP contribution in [0.15, 0.2) is 83.8 Å². The summed E-state index contributed by atoms with van der Waals surface area (Å²) in [6.07, 6.45) is 1.91. The number of unbranched alkanes of at least 4 members (excludes halogenated alkanes) is 1. The molecule has 0 spiro atoms. The quantitative estimate of drug-likeness (QED) is 0.369. The van der Waals surface area contributed by atoms with Gasteiger partial charge < -0.3 is 10.2 Å². The van der Waals surface area contributed by atoms with Gasteiger partial charge in [0.2, 0.25) is 11.8 Å². The lowest BCUT2D eigenvalue weighted by Gasteiger charge is -2.32. The summed E-state index contributed by atoms with van der Waals surface area (Å²) in [7, 11) is -4.19. The molecule has 39 heavy (non-hydrogen) atoms. The lowest BCUT2D eigenvalue weighted by Crippen LogP contribution is -2.53. The lowest BCUT2D eigenvalue weighted by molar-refractivity contribution is -0.141. The topological polar surface area (TPSA) is 104 Å². The molecule has 1 aliphatic heterocycles. The molecule has 1 heterocycles. The molecule has 9 heteroatoms. The van der Waals surface area contributed by atoms with Crippen LogP contribution in [0.1, 0.15) is 46.8 Å². The summed E-state index contributed by atoms with van der Waals surface area (Å²) < 4.78 is 27.0. The molecule has 0 radical (unpaired) electrons. The molecule has 0 aliphatic carbocycles. The van der Waals surface area contributed by atoms with Gasteiger partial charge in [-0.1, -0.05) is 85.6 Å². The van der Waals surface area contributed by atoms with Crippen molar-refractivity contribution < 1.29 is 22.8 Å². The number of carbonyl (C=O) groups excluding carboxylic acids is 3. The Kier molecular flexibility index (Phi) is 8.81. The normalized spacial score (nSPS) is 14.5. The van der Waals surface area contributed by atoms with Gasteiger partial charge in [-0.25, -0.2) is 12.7 Å². The van der Waals surface area contributed by atoms with Gasteiger partial charge in [0.1, 0.15) is 17.5 Å². The van der Waals surface area contributed by atoms with E-state index in [0.29, 0.717) is 10.8 Å². The highest BCUT2D eigenvalue weighted by atomic mass is 32.2. The smallest absolute Gasteiger partial charge is 0.269 e. The minimum atomic E-state index is -4.19. The third-order valence-corrected chi connectivity index (χ3v) is 8.55. The zero-order valence-corrected chi connectivity index (χ0v) is 23.0. The van der Waals surface area contributed by atoms with E-state index >= 15 is 0 Å². The predicted molar refractivity (Wildman–Crippen MR) is 148 cm³/mol. The number of fused-ring (bicyclic) bond motifs is 1. The van der Waals surface area contributed by atoms with E-state index in [1.54, 1.807) is 6.07 Å². The van der Waals surface area contributed by atoms with Crippen LogP contribution < -0.4 is 5.32 Å². The molecule has 0 aromatic heterocycles.